The fourth-order valence-electron chi connectivity index (χ4n) is 1.48. The number of nitrogens with one attached hydrogen (secondary N) is 2. The van der Waals surface area contributed by atoms with Gasteiger partial charge in [-0.1, -0.05) is 0 Å². The highest BCUT2D eigenvalue weighted by Crippen LogP contribution is 2.12. The van der Waals surface area contributed by atoms with E-state index in [2.05, 4.69) is 36.5 Å². The van der Waals surface area contributed by atoms with E-state index in [0.29, 0.717) is 16.7 Å². The molecule has 2 aromatic rings. The molecule has 1 amide bonds. The Morgan fingerprint density at radius 1 is 1.65 bits per heavy atom. The summed E-state index contributed by atoms with van der Waals surface area (Å²) in [5, 5.41) is 13.3. The fourth-order valence-corrected chi connectivity index (χ4v) is 1.86. The summed E-state index contributed by atoms with van der Waals surface area (Å²) in [6.07, 6.45) is 3.27. The second kappa shape index (κ2) is 5.13. The smallest absolute Gasteiger partial charge is 0.270 e. The first-order chi connectivity index (χ1) is 8.22. The van der Waals surface area contributed by atoms with Crippen molar-refractivity contribution >= 4 is 21.8 Å². The molecule has 2 rings (SSSR count). The molecular formula is C10H12BrN5O. The Balaban J connectivity index is 1.99. The van der Waals surface area contributed by atoms with Crippen LogP contribution in [0.4, 0.5) is 0 Å². The van der Waals surface area contributed by atoms with Crippen LogP contribution in [0.25, 0.3) is 0 Å². The van der Waals surface area contributed by atoms with Gasteiger partial charge in [0.2, 0.25) is 0 Å². The fraction of sp³-hybridized carbons (Fsp3) is 0.300. The van der Waals surface area contributed by atoms with E-state index in [0.717, 1.165) is 12.2 Å². The molecule has 2 aromatic heterocycles. The van der Waals surface area contributed by atoms with Crippen molar-refractivity contribution in [1.82, 2.24) is 25.3 Å². The Morgan fingerprint density at radius 3 is 3.12 bits per heavy atom. The summed E-state index contributed by atoms with van der Waals surface area (Å²) >= 11 is 3.24. The minimum absolute atomic E-state index is 0.196. The lowest BCUT2D eigenvalue weighted by Gasteiger charge is -2.06. The number of H-pyrrole nitrogens is 1. The van der Waals surface area contributed by atoms with Gasteiger partial charge >= 0.3 is 0 Å². The van der Waals surface area contributed by atoms with E-state index < -0.39 is 0 Å². The van der Waals surface area contributed by atoms with Gasteiger partial charge in [-0.3, -0.25) is 14.6 Å². The second-order valence-electron chi connectivity index (χ2n) is 3.41. The molecule has 0 saturated heterocycles. The molecule has 0 unspecified atom stereocenters. The second-order valence-corrected chi connectivity index (χ2v) is 4.27. The molecule has 0 aliphatic heterocycles. The van der Waals surface area contributed by atoms with Crippen LogP contribution in [0.1, 0.15) is 23.1 Å². The maximum Gasteiger partial charge on any atom is 0.270 e. The Labute approximate surface area is 107 Å². The largest absolute Gasteiger partial charge is 0.345 e. The number of aromatic nitrogens is 4. The summed E-state index contributed by atoms with van der Waals surface area (Å²) in [5.41, 5.74) is 1.39. The normalized spacial score (nSPS) is 10.5. The Bertz CT molecular complexity index is 518. The van der Waals surface area contributed by atoms with Crippen LogP contribution in [0.3, 0.4) is 0 Å². The number of aromatic amines is 1. The number of nitrogens with zero attached hydrogens (tertiary/aromatic N) is 3. The van der Waals surface area contributed by atoms with Crippen molar-refractivity contribution in [3.63, 3.8) is 0 Å². The van der Waals surface area contributed by atoms with Gasteiger partial charge in [0.05, 0.1) is 22.9 Å². The minimum Gasteiger partial charge on any atom is -0.345 e. The van der Waals surface area contributed by atoms with Gasteiger partial charge in [-0.05, 0) is 28.9 Å². The molecule has 0 spiro atoms. The van der Waals surface area contributed by atoms with Gasteiger partial charge in [0.1, 0.15) is 5.69 Å². The van der Waals surface area contributed by atoms with Gasteiger partial charge in [0.25, 0.3) is 5.91 Å². The lowest BCUT2D eigenvalue weighted by molar-refractivity contribution is 0.0944. The van der Waals surface area contributed by atoms with E-state index >= 15 is 0 Å². The van der Waals surface area contributed by atoms with Crippen LogP contribution in [-0.4, -0.2) is 25.9 Å². The Hall–Kier alpha value is -1.63. The van der Waals surface area contributed by atoms with Gasteiger partial charge in [-0.2, -0.15) is 10.2 Å². The lowest BCUT2D eigenvalue weighted by Crippen LogP contribution is -2.25. The van der Waals surface area contributed by atoms with Crippen LogP contribution in [0, 0.1) is 0 Å². The zero-order valence-electron chi connectivity index (χ0n) is 9.27. The zero-order valence-corrected chi connectivity index (χ0v) is 10.9. The number of halogens is 1. The predicted molar refractivity (Wildman–Crippen MR) is 65.4 cm³/mol. The number of carbonyl (C=O) groups is 1. The van der Waals surface area contributed by atoms with Crippen LogP contribution in [-0.2, 0) is 13.1 Å². The van der Waals surface area contributed by atoms with Crippen molar-refractivity contribution in [3.8, 4) is 0 Å². The average molecular weight is 298 g/mol. The molecule has 2 N–H and O–H groups in total. The highest BCUT2D eigenvalue weighted by molar-refractivity contribution is 9.10. The molecule has 7 heteroatoms. The van der Waals surface area contributed by atoms with Crippen molar-refractivity contribution in [2.24, 2.45) is 0 Å². The standard InChI is InChI=1S/C10H12BrN5O/c1-2-16-7(3-4-14-16)5-12-10(17)9-8(11)6-13-15-9/h3-4,6H,2,5H2,1H3,(H,12,17)(H,13,15). The maximum atomic E-state index is 11.8. The van der Waals surface area contributed by atoms with Gasteiger partial charge < -0.3 is 5.32 Å². The molecule has 0 fully saturated rings. The third-order valence-corrected chi connectivity index (χ3v) is 2.96. The van der Waals surface area contributed by atoms with E-state index in [-0.39, 0.29) is 5.91 Å². The van der Waals surface area contributed by atoms with Crippen molar-refractivity contribution in [1.29, 1.82) is 0 Å². The van der Waals surface area contributed by atoms with Crippen molar-refractivity contribution in [3.05, 3.63) is 34.3 Å². The van der Waals surface area contributed by atoms with E-state index in [9.17, 15) is 4.79 Å². The number of rotatable bonds is 4. The number of amides is 1. The van der Waals surface area contributed by atoms with E-state index in [1.165, 1.54) is 0 Å². The van der Waals surface area contributed by atoms with Crippen LogP contribution >= 0.6 is 15.9 Å². The molecule has 0 aliphatic carbocycles. The molecule has 0 saturated carbocycles. The summed E-state index contributed by atoms with van der Waals surface area (Å²) in [6.45, 7) is 3.23. The molecule has 0 bridgehead atoms. The molecule has 17 heavy (non-hydrogen) atoms. The summed E-state index contributed by atoms with van der Waals surface area (Å²) in [6, 6.07) is 1.88. The summed E-state index contributed by atoms with van der Waals surface area (Å²) < 4.78 is 2.49. The molecular weight excluding hydrogens is 286 g/mol. The Kier molecular flexibility index (Phi) is 3.58. The molecule has 2 heterocycles. The SMILES string of the molecule is CCn1nccc1CNC(=O)c1[nH]ncc1Br. The number of carbonyl (C=O) groups excluding carboxylic acids is 1. The lowest BCUT2D eigenvalue weighted by atomic mass is 10.3. The first-order valence-corrected chi connectivity index (χ1v) is 5.99. The van der Waals surface area contributed by atoms with E-state index in [1.807, 2.05) is 17.7 Å². The minimum atomic E-state index is -0.196. The molecule has 0 radical (unpaired) electrons. The monoisotopic (exact) mass is 297 g/mol. The number of aryl methyl sites for hydroxylation is 1. The topological polar surface area (TPSA) is 75.6 Å². The van der Waals surface area contributed by atoms with Crippen LogP contribution in [0.15, 0.2) is 22.9 Å². The van der Waals surface area contributed by atoms with Gasteiger partial charge in [-0.25, -0.2) is 0 Å². The molecule has 6 nitrogen and oxygen atoms in total. The van der Waals surface area contributed by atoms with Crippen molar-refractivity contribution < 1.29 is 4.79 Å². The summed E-state index contributed by atoms with van der Waals surface area (Å²) in [5.74, 6) is -0.196. The third-order valence-electron chi connectivity index (χ3n) is 2.35. The average Bonchev–Trinajstić information content (AvgIpc) is 2.94. The van der Waals surface area contributed by atoms with E-state index in [1.54, 1.807) is 12.4 Å². The van der Waals surface area contributed by atoms with Crippen LogP contribution in [0.2, 0.25) is 0 Å². The number of hydrogen-bond donors (Lipinski definition) is 2. The molecule has 0 aromatic carbocycles. The van der Waals surface area contributed by atoms with Gasteiger partial charge in [0, 0.05) is 12.7 Å². The highest BCUT2D eigenvalue weighted by atomic mass is 79.9. The summed E-state index contributed by atoms with van der Waals surface area (Å²) in [7, 11) is 0. The molecule has 0 aliphatic rings. The molecule has 90 valence electrons. The van der Waals surface area contributed by atoms with Crippen LogP contribution < -0.4 is 5.32 Å². The third kappa shape index (κ3) is 2.55. The van der Waals surface area contributed by atoms with Crippen molar-refractivity contribution in [2.45, 2.75) is 20.0 Å². The van der Waals surface area contributed by atoms with E-state index in [4.69, 9.17) is 0 Å². The van der Waals surface area contributed by atoms with Crippen molar-refractivity contribution in [2.75, 3.05) is 0 Å². The maximum absolute atomic E-state index is 11.8. The number of hydrogen-bond acceptors (Lipinski definition) is 3. The van der Waals surface area contributed by atoms with Gasteiger partial charge in [0.15, 0.2) is 0 Å². The molecule has 0 atom stereocenters. The highest BCUT2D eigenvalue weighted by Gasteiger charge is 2.12. The predicted octanol–water partition coefficient (Wildman–Crippen LogP) is 1.32. The quantitative estimate of drug-likeness (QED) is 0.894. The first-order valence-electron chi connectivity index (χ1n) is 5.20. The summed E-state index contributed by atoms with van der Waals surface area (Å²) in [4.78, 5) is 11.8. The van der Waals surface area contributed by atoms with Crippen LogP contribution in [0.5, 0.6) is 0 Å². The first kappa shape index (κ1) is 11.8. The van der Waals surface area contributed by atoms with Gasteiger partial charge in [-0.15, -0.1) is 0 Å². The zero-order chi connectivity index (χ0) is 12.3. The Morgan fingerprint density at radius 2 is 2.47 bits per heavy atom.